The molecule has 0 fully saturated rings. The first-order valence-electron chi connectivity index (χ1n) is 6.63. The van der Waals surface area contributed by atoms with Gasteiger partial charge in [0.15, 0.2) is 0 Å². The van der Waals surface area contributed by atoms with Crippen molar-refractivity contribution < 1.29 is 0 Å². The van der Waals surface area contributed by atoms with E-state index in [-0.39, 0.29) is 0 Å². The molecular weight excluding hydrogens is 238 g/mol. The van der Waals surface area contributed by atoms with Crippen LogP contribution < -0.4 is 10.6 Å². The van der Waals surface area contributed by atoms with Gasteiger partial charge in [-0.25, -0.2) is 0 Å². The van der Waals surface area contributed by atoms with Crippen molar-refractivity contribution in [2.24, 2.45) is 5.73 Å². The lowest BCUT2D eigenvalue weighted by Gasteiger charge is -2.21. The van der Waals surface area contributed by atoms with Crippen LogP contribution in [0.5, 0.6) is 0 Å². The van der Waals surface area contributed by atoms with Crippen molar-refractivity contribution in [3.05, 3.63) is 41.7 Å². The van der Waals surface area contributed by atoms with E-state index in [2.05, 4.69) is 53.3 Å². The summed E-state index contributed by atoms with van der Waals surface area (Å²) in [6.45, 7) is 7.24. The van der Waals surface area contributed by atoms with Gasteiger partial charge in [-0.3, -0.25) is 4.68 Å². The van der Waals surface area contributed by atoms with Crippen LogP contribution in [0.1, 0.15) is 18.2 Å². The molecule has 2 N–H and O–H groups in total. The predicted molar refractivity (Wildman–Crippen MR) is 77.0 cm³/mol. The minimum atomic E-state index is 0.582. The predicted octanol–water partition coefficient (Wildman–Crippen LogP) is 1.57. The van der Waals surface area contributed by atoms with Crippen LogP contribution >= 0.6 is 0 Å². The summed E-state index contributed by atoms with van der Waals surface area (Å²) in [6.07, 6.45) is 1.96. The van der Waals surface area contributed by atoms with Crippen LogP contribution in [0, 0.1) is 6.92 Å². The molecule has 0 amide bonds. The fourth-order valence-corrected chi connectivity index (χ4v) is 1.99. The van der Waals surface area contributed by atoms with Crippen LogP contribution in [0.25, 0.3) is 0 Å². The van der Waals surface area contributed by atoms with Gasteiger partial charge in [-0.15, -0.1) is 5.10 Å². The first-order chi connectivity index (χ1) is 9.22. The standard InChI is InChI=1S/C14H21N5/c1-3-18(14-6-4-12(2)5-7-14)10-13-11-19(9-8-15)17-16-13/h4-7,11H,3,8-10,15H2,1-2H3. The van der Waals surface area contributed by atoms with Crippen molar-refractivity contribution in [3.63, 3.8) is 0 Å². The van der Waals surface area contributed by atoms with Gasteiger partial charge in [0.25, 0.3) is 0 Å². The summed E-state index contributed by atoms with van der Waals surface area (Å²) in [5, 5.41) is 8.24. The maximum absolute atomic E-state index is 5.50. The van der Waals surface area contributed by atoms with Crippen LogP contribution in [0.15, 0.2) is 30.5 Å². The topological polar surface area (TPSA) is 60.0 Å². The first kappa shape index (κ1) is 13.5. The zero-order chi connectivity index (χ0) is 13.7. The third-order valence-electron chi connectivity index (χ3n) is 3.08. The molecule has 5 heteroatoms. The quantitative estimate of drug-likeness (QED) is 0.855. The molecule has 102 valence electrons. The summed E-state index contributed by atoms with van der Waals surface area (Å²) < 4.78 is 1.79. The Morgan fingerprint density at radius 3 is 2.63 bits per heavy atom. The summed E-state index contributed by atoms with van der Waals surface area (Å²) >= 11 is 0. The summed E-state index contributed by atoms with van der Waals surface area (Å²) in [5.41, 5.74) is 8.95. The Morgan fingerprint density at radius 1 is 1.26 bits per heavy atom. The molecule has 5 nitrogen and oxygen atoms in total. The molecule has 0 aliphatic rings. The van der Waals surface area contributed by atoms with Crippen LogP contribution in [-0.2, 0) is 13.1 Å². The second-order valence-corrected chi connectivity index (χ2v) is 4.61. The van der Waals surface area contributed by atoms with Crippen molar-refractivity contribution in [2.75, 3.05) is 18.0 Å². The van der Waals surface area contributed by atoms with Crippen molar-refractivity contribution >= 4 is 5.69 Å². The lowest BCUT2D eigenvalue weighted by atomic mass is 10.2. The first-order valence-corrected chi connectivity index (χ1v) is 6.63. The molecule has 1 aromatic carbocycles. The number of nitrogens with two attached hydrogens (primary N) is 1. The zero-order valence-electron chi connectivity index (χ0n) is 11.6. The van der Waals surface area contributed by atoms with Gasteiger partial charge in [0, 0.05) is 18.8 Å². The molecule has 0 saturated heterocycles. The molecule has 0 aliphatic heterocycles. The summed E-state index contributed by atoms with van der Waals surface area (Å²) in [6, 6.07) is 8.54. The van der Waals surface area contributed by atoms with Gasteiger partial charge < -0.3 is 10.6 Å². The average molecular weight is 259 g/mol. The van der Waals surface area contributed by atoms with Gasteiger partial charge in [-0.05, 0) is 26.0 Å². The molecule has 0 bridgehead atoms. The van der Waals surface area contributed by atoms with Gasteiger partial charge in [0.1, 0.15) is 5.69 Å². The van der Waals surface area contributed by atoms with Crippen LogP contribution in [0.3, 0.4) is 0 Å². The summed E-state index contributed by atoms with van der Waals surface area (Å²) in [4.78, 5) is 2.27. The van der Waals surface area contributed by atoms with Gasteiger partial charge in [-0.2, -0.15) is 0 Å². The maximum atomic E-state index is 5.50. The number of anilines is 1. The summed E-state index contributed by atoms with van der Waals surface area (Å²) in [5.74, 6) is 0. The molecule has 1 heterocycles. The average Bonchev–Trinajstić information content (AvgIpc) is 2.85. The van der Waals surface area contributed by atoms with Gasteiger partial charge in [0.2, 0.25) is 0 Å². The Morgan fingerprint density at radius 2 is 2.00 bits per heavy atom. The lowest BCUT2D eigenvalue weighted by molar-refractivity contribution is 0.598. The molecule has 0 atom stereocenters. The highest BCUT2D eigenvalue weighted by Crippen LogP contribution is 2.16. The highest BCUT2D eigenvalue weighted by Gasteiger charge is 2.08. The van der Waals surface area contributed by atoms with Crippen LogP contribution in [0.2, 0.25) is 0 Å². The molecule has 19 heavy (non-hydrogen) atoms. The number of aryl methyl sites for hydroxylation is 1. The normalized spacial score (nSPS) is 10.7. The fourth-order valence-electron chi connectivity index (χ4n) is 1.99. The third-order valence-corrected chi connectivity index (χ3v) is 3.08. The molecule has 1 aromatic heterocycles. The number of aromatic nitrogens is 3. The number of rotatable bonds is 6. The Bertz CT molecular complexity index is 503. The fraction of sp³-hybridized carbons (Fsp3) is 0.429. The van der Waals surface area contributed by atoms with E-state index in [1.807, 2.05) is 6.20 Å². The van der Waals surface area contributed by atoms with E-state index in [1.165, 1.54) is 11.3 Å². The van der Waals surface area contributed by atoms with Crippen molar-refractivity contribution in [2.45, 2.75) is 26.9 Å². The number of hydrogen-bond acceptors (Lipinski definition) is 4. The number of nitrogens with zero attached hydrogens (tertiary/aromatic N) is 4. The Kier molecular flexibility index (Phi) is 4.52. The third kappa shape index (κ3) is 3.54. The second kappa shape index (κ2) is 6.33. The van der Waals surface area contributed by atoms with Gasteiger partial charge >= 0.3 is 0 Å². The Hall–Kier alpha value is -1.88. The monoisotopic (exact) mass is 259 g/mol. The molecule has 0 radical (unpaired) electrons. The van der Waals surface area contributed by atoms with E-state index in [4.69, 9.17) is 5.73 Å². The molecule has 2 aromatic rings. The van der Waals surface area contributed by atoms with E-state index in [0.29, 0.717) is 13.1 Å². The van der Waals surface area contributed by atoms with Crippen molar-refractivity contribution in [3.8, 4) is 0 Å². The highest BCUT2D eigenvalue weighted by molar-refractivity contribution is 5.47. The minimum Gasteiger partial charge on any atom is -0.366 e. The largest absolute Gasteiger partial charge is 0.366 e. The number of hydrogen-bond donors (Lipinski definition) is 1. The maximum Gasteiger partial charge on any atom is 0.102 e. The van der Waals surface area contributed by atoms with Crippen LogP contribution in [0.4, 0.5) is 5.69 Å². The highest BCUT2D eigenvalue weighted by atomic mass is 15.4. The van der Waals surface area contributed by atoms with Crippen molar-refractivity contribution in [1.29, 1.82) is 0 Å². The smallest absolute Gasteiger partial charge is 0.102 e. The number of benzene rings is 1. The molecule has 0 unspecified atom stereocenters. The van der Waals surface area contributed by atoms with Gasteiger partial charge in [0.05, 0.1) is 19.3 Å². The zero-order valence-corrected chi connectivity index (χ0v) is 11.6. The van der Waals surface area contributed by atoms with E-state index in [0.717, 1.165) is 18.8 Å². The lowest BCUT2D eigenvalue weighted by Crippen LogP contribution is -2.22. The SMILES string of the molecule is CCN(Cc1cn(CCN)nn1)c1ccc(C)cc1. The second-order valence-electron chi connectivity index (χ2n) is 4.61. The Balaban J connectivity index is 2.07. The molecule has 2 rings (SSSR count). The summed E-state index contributed by atoms with van der Waals surface area (Å²) in [7, 11) is 0. The molecular formula is C14H21N5. The molecule has 0 saturated carbocycles. The van der Waals surface area contributed by atoms with E-state index >= 15 is 0 Å². The minimum absolute atomic E-state index is 0.582. The van der Waals surface area contributed by atoms with Gasteiger partial charge in [-0.1, -0.05) is 22.9 Å². The van der Waals surface area contributed by atoms with E-state index < -0.39 is 0 Å². The van der Waals surface area contributed by atoms with E-state index in [9.17, 15) is 0 Å². The Labute approximate surface area is 114 Å². The molecule has 0 spiro atoms. The van der Waals surface area contributed by atoms with E-state index in [1.54, 1.807) is 4.68 Å². The van der Waals surface area contributed by atoms with Crippen LogP contribution in [-0.4, -0.2) is 28.1 Å². The van der Waals surface area contributed by atoms with Crippen molar-refractivity contribution in [1.82, 2.24) is 15.0 Å². The molecule has 0 aliphatic carbocycles.